The predicted molar refractivity (Wildman–Crippen MR) is 112 cm³/mol. The van der Waals surface area contributed by atoms with Gasteiger partial charge in [-0.05, 0) is 53.4 Å². The smallest absolute Gasteiger partial charge is 0.201 e. The van der Waals surface area contributed by atoms with Crippen LogP contribution in [0.2, 0.25) is 0 Å². The van der Waals surface area contributed by atoms with Crippen LogP contribution < -0.4 is 4.74 Å². The van der Waals surface area contributed by atoms with Crippen molar-refractivity contribution in [1.82, 2.24) is 0 Å². The molecule has 0 N–H and O–H groups in total. The monoisotopic (exact) mass is 390 g/mol. The predicted octanol–water partition coefficient (Wildman–Crippen LogP) is 6.35. The van der Waals surface area contributed by atoms with Crippen LogP contribution in [0, 0.1) is 0 Å². The third kappa shape index (κ3) is 3.88. The van der Waals surface area contributed by atoms with E-state index in [9.17, 15) is 0 Å². The van der Waals surface area contributed by atoms with E-state index in [0.29, 0.717) is 6.61 Å². The van der Waals surface area contributed by atoms with Gasteiger partial charge in [0.1, 0.15) is 17.6 Å². The van der Waals surface area contributed by atoms with Crippen LogP contribution >= 0.6 is 0 Å². The van der Waals surface area contributed by atoms with E-state index in [1.54, 1.807) is 0 Å². The molecule has 3 aromatic rings. The summed E-state index contributed by atoms with van der Waals surface area (Å²) in [6.07, 6.45) is 4.03. The van der Waals surface area contributed by atoms with E-state index in [4.69, 9.17) is 19.2 Å². The number of benzene rings is 3. The molecule has 2 atom stereocenters. The number of hydrogen-bond acceptors (Lipinski definition) is 4. The Morgan fingerprint density at radius 3 is 2.34 bits per heavy atom. The lowest BCUT2D eigenvalue weighted by molar-refractivity contribution is -0.486. The van der Waals surface area contributed by atoms with Crippen molar-refractivity contribution in [2.45, 2.75) is 50.4 Å². The summed E-state index contributed by atoms with van der Waals surface area (Å²) >= 11 is 0. The molecule has 1 aliphatic carbocycles. The van der Waals surface area contributed by atoms with E-state index in [2.05, 4.69) is 43.3 Å². The van der Waals surface area contributed by atoms with Crippen molar-refractivity contribution in [3.63, 3.8) is 0 Å². The zero-order chi connectivity index (χ0) is 19.7. The van der Waals surface area contributed by atoms with E-state index in [0.717, 1.165) is 37.2 Å². The zero-order valence-electron chi connectivity index (χ0n) is 16.7. The first-order valence-corrected chi connectivity index (χ1v) is 10.5. The van der Waals surface area contributed by atoms with E-state index in [1.165, 1.54) is 16.3 Å². The molecule has 0 radical (unpaired) electrons. The summed E-state index contributed by atoms with van der Waals surface area (Å²) in [6, 6.07) is 22.6. The summed E-state index contributed by atoms with van der Waals surface area (Å²) < 4.78 is 12.1. The lowest BCUT2D eigenvalue weighted by Gasteiger charge is -2.38. The molecule has 5 rings (SSSR count). The van der Waals surface area contributed by atoms with Gasteiger partial charge < -0.3 is 9.47 Å². The van der Waals surface area contributed by atoms with Crippen molar-refractivity contribution in [2.75, 3.05) is 6.61 Å². The SMILES string of the molecule is C[C@@H](c1ccc(Oc2ccc3ccccc3c2)cc1)C1COC2(CCCC2)OO1. The van der Waals surface area contributed by atoms with Crippen molar-refractivity contribution in [2.24, 2.45) is 0 Å². The Bertz CT molecular complexity index is 966. The summed E-state index contributed by atoms with van der Waals surface area (Å²) in [7, 11) is 0. The molecule has 4 heteroatoms. The molecule has 1 spiro atoms. The minimum absolute atomic E-state index is 0.103. The fraction of sp³-hybridized carbons (Fsp3) is 0.360. The van der Waals surface area contributed by atoms with E-state index < -0.39 is 5.79 Å². The topological polar surface area (TPSA) is 36.9 Å². The minimum atomic E-state index is -0.492. The second-order valence-electron chi connectivity index (χ2n) is 8.12. The molecule has 1 saturated heterocycles. The Labute approximate surface area is 171 Å². The first kappa shape index (κ1) is 18.6. The molecule has 3 aromatic carbocycles. The highest BCUT2D eigenvalue weighted by Crippen LogP contribution is 2.39. The molecule has 0 aromatic heterocycles. The van der Waals surface area contributed by atoms with Gasteiger partial charge in [0.25, 0.3) is 0 Å². The van der Waals surface area contributed by atoms with Crippen LogP contribution in [0.3, 0.4) is 0 Å². The van der Waals surface area contributed by atoms with Crippen LogP contribution in [0.5, 0.6) is 11.5 Å². The molecule has 1 saturated carbocycles. The molecule has 150 valence electrons. The molecule has 4 nitrogen and oxygen atoms in total. The van der Waals surface area contributed by atoms with Gasteiger partial charge in [0.15, 0.2) is 0 Å². The van der Waals surface area contributed by atoms with Crippen LogP contribution in [0.15, 0.2) is 66.7 Å². The van der Waals surface area contributed by atoms with Crippen LogP contribution in [-0.2, 0) is 14.5 Å². The van der Waals surface area contributed by atoms with Crippen molar-refractivity contribution in [3.05, 3.63) is 72.3 Å². The van der Waals surface area contributed by atoms with Crippen LogP contribution in [-0.4, -0.2) is 18.5 Å². The molecule has 29 heavy (non-hydrogen) atoms. The number of ether oxygens (including phenoxy) is 2. The molecular formula is C25H26O4. The van der Waals surface area contributed by atoms with Gasteiger partial charge in [-0.2, -0.15) is 0 Å². The second-order valence-corrected chi connectivity index (χ2v) is 8.12. The molecule has 0 bridgehead atoms. The zero-order valence-corrected chi connectivity index (χ0v) is 16.7. The molecule has 1 unspecified atom stereocenters. The maximum Gasteiger partial charge on any atom is 0.201 e. The van der Waals surface area contributed by atoms with Crippen LogP contribution in [0.1, 0.15) is 44.1 Å². The molecule has 1 aliphatic heterocycles. The normalized spacial score (nSPS) is 22.0. The lowest BCUT2D eigenvalue weighted by Crippen LogP contribution is -2.44. The van der Waals surface area contributed by atoms with Crippen molar-refractivity contribution in [3.8, 4) is 11.5 Å². The van der Waals surface area contributed by atoms with Crippen molar-refractivity contribution < 1.29 is 19.2 Å². The average Bonchev–Trinajstić information content (AvgIpc) is 3.22. The van der Waals surface area contributed by atoms with E-state index in [-0.39, 0.29) is 12.0 Å². The van der Waals surface area contributed by atoms with Gasteiger partial charge in [0, 0.05) is 18.8 Å². The third-order valence-electron chi connectivity index (χ3n) is 6.12. The number of fused-ring (bicyclic) bond motifs is 1. The minimum Gasteiger partial charge on any atom is -0.457 e. The van der Waals surface area contributed by atoms with Crippen molar-refractivity contribution >= 4 is 10.8 Å². The molecule has 2 fully saturated rings. The van der Waals surface area contributed by atoms with Gasteiger partial charge in [-0.15, -0.1) is 0 Å². The van der Waals surface area contributed by atoms with Gasteiger partial charge in [0.2, 0.25) is 5.79 Å². The van der Waals surface area contributed by atoms with Gasteiger partial charge in [-0.3, -0.25) is 0 Å². The summed E-state index contributed by atoms with van der Waals surface area (Å²) in [5.41, 5.74) is 1.18. The van der Waals surface area contributed by atoms with Gasteiger partial charge >= 0.3 is 0 Å². The number of hydrogen-bond donors (Lipinski definition) is 0. The van der Waals surface area contributed by atoms with Gasteiger partial charge in [0.05, 0.1) is 6.61 Å². The summed E-state index contributed by atoms with van der Waals surface area (Å²) in [4.78, 5) is 11.4. The Morgan fingerprint density at radius 1 is 0.897 bits per heavy atom. The van der Waals surface area contributed by atoms with Crippen LogP contribution in [0.25, 0.3) is 10.8 Å². The van der Waals surface area contributed by atoms with Gasteiger partial charge in [-0.1, -0.05) is 49.4 Å². The van der Waals surface area contributed by atoms with Gasteiger partial charge in [-0.25, -0.2) is 9.78 Å². The Morgan fingerprint density at radius 2 is 1.62 bits per heavy atom. The fourth-order valence-electron chi connectivity index (χ4n) is 4.23. The standard InChI is InChI=1S/C25H26O4/c1-18(24-17-26-25(29-28-24)14-4-5-15-25)19-8-11-22(12-9-19)27-23-13-10-20-6-2-3-7-21(20)16-23/h2-3,6-13,16,18,24H,4-5,14-15,17H2,1H3/t18-,24?/m0/s1. The third-order valence-corrected chi connectivity index (χ3v) is 6.12. The first-order valence-electron chi connectivity index (χ1n) is 10.5. The Balaban J connectivity index is 1.23. The first-order chi connectivity index (χ1) is 14.2. The molecule has 2 aliphatic rings. The summed E-state index contributed by atoms with van der Waals surface area (Å²) in [5.74, 6) is 1.33. The van der Waals surface area contributed by atoms with E-state index in [1.807, 2.05) is 30.3 Å². The molecule has 0 amide bonds. The Kier molecular flexibility index (Phi) is 5.00. The Hall–Kier alpha value is -2.40. The van der Waals surface area contributed by atoms with Crippen molar-refractivity contribution in [1.29, 1.82) is 0 Å². The maximum absolute atomic E-state index is 6.05. The highest BCUT2D eigenvalue weighted by Gasteiger charge is 2.43. The second kappa shape index (κ2) is 7.79. The number of rotatable bonds is 4. The molecular weight excluding hydrogens is 364 g/mol. The fourth-order valence-corrected chi connectivity index (χ4v) is 4.23. The largest absolute Gasteiger partial charge is 0.457 e. The summed E-state index contributed by atoms with van der Waals surface area (Å²) in [6.45, 7) is 2.71. The lowest BCUT2D eigenvalue weighted by atomic mass is 9.95. The average molecular weight is 390 g/mol. The molecule has 1 heterocycles. The van der Waals surface area contributed by atoms with Crippen LogP contribution in [0.4, 0.5) is 0 Å². The highest BCUT2D eigenvalue weighted by atomic mass is 17.2. The quantitative estimate of drug-likeness (QED) is 0.486. The maximum atomic E-state index is 6.05. The van der Waals surface area contributed by atoms with E-state index >= 15 is 0 Å². The summed E-state index contributed by atoms with van der Waals surface area (Å²) in [5, 5.41) is 2.38. The highest BCUT2D eigenvalue weighted by molar-refractivity contribution is 5.83.